The van der Waals surface area contributed by atoms with E-state index >= 15 is 0 Å². The fourth-order valence-electron chi connectivity index (χ4n) is 3.55. The smallest absolute Gasteiger partial charge is 0.323 e. The molecule has 0 aliphatic heterocycles. The van der Waals surface area contributed by atoms with E-state index < -0.39 is 0 Å². The molecule has 0 bridgehead atoms. The highest BCUT2D eigenvalue weighted by Crippen LogP contribution is 2.22. The van der Waals surface area contributed by atoms with Crippen molar-refractivity contribution in [2.45, 2.75) is 98.4 Å². The Kier molecular flexibility index (Phi) is 17.1. The van der Waals surface area contributed by atoms with E-state index in [4.69, 9.17) is 4.74 Å². The molecule has 0 rings (SSSR count). The third-order valence-corrected chi connectivity index (χ3v) is 5.99. The van der Waals surface area contributed by atoms with Crippen molar-refractivity contribution in [2.24, 2.45) is 17.8 Å². The van der Waals surface area contributed by atoms with Gasteiger partial charge in [0, 0.05) is 12.3 Å². The minimum absolute atomic E-state index is 0.246. The Morgan fingerprint density at radius 1 is 0.964 bits per heavy atom. The second-order valence-corrected chi connectivity index (χ2v) is 9.44. The Morgan fingerprint density at radius 3 is 2.00 bits per heavy atom. The molecule has 28 heavy (non-hydrogen) atoms. The third kappa shape index (κ3) is 15.4. The number of rotatable bonds is 17. The Balaban J connectivity index is 3.81. The molecule has 3 nitrogen and oxygen atoms in total. The number of thiol groups is 1. The van der Waals surface area contributed by atoms with E-state index in [-0.39, 0.29) is 12.0 Å². The first kappa shape index (κ1) is 27.5. The Hall–Kier alpha value is -0.480. The Bertz CT molecular complexity index is 423. The van der Waals surface area contributed by atoms with Crippen molar-refractivity contribution in [1.82, 2.24) is 5.32 Å². The van der Waals surface area contributed by atoms with E-state index in [1.807, 2.05) is 0 Å². The van der Waals surface area contributed by atoms with Gasteiger partial charge in [-0.1, -0.05) is 84.3 Å². The first-order valence-corrected chi connectivity index (χ1v) is 12.0. The molecule has 166 valence electrons. The molecule has 0 aromatic heterocycles. The van der Waals surface area contributed by atoms with Crippen LogP contribution in [0.25, 0.3) is 0 Å². The normalized spacial score (nSPS) is 15.5. The number of carbonyl (C=O) groups excluding carboxylic acids is 1. The van der Waals surface area contributed by atoms with Gasteiger partial charge in [0.15, 0.2) is 0 Å². The van der Waals surface area contributed by atoms with Crippen molar-refractivity contribution in [3.05, 3.63) is 11.6 Å². The average Bonchev–Trinajstić information content (AvgIpc) is 2.64. The zero-order valence-corrected chi connectivity index (χ0v) is 20.3. The number of methoxy groups -OCH3 is 1. The molecule has 4 heteroatoms. The standard InChI is InChI=1S/C24H47NO2S/c1-19(2)10-7-11-20(3)12-8-13-21(4)14-9-15-22(5)16-17-25-23(18-28)24(26)27-6/h16,19-21,23,25,28H,7-15,17-18H2,1-6H3/b22-16+. The number of hydrogen-bond donors (Lipinski definition) is 2. The molecule has 0 aromatic rings. The molecule has 0 saturated heterocycles. The van der Waals surface area contributed by atoms with Crippen LogP contribution >= 0.6 is 12.6 Å². The van der Waals surface area contributed by atoms with Gasteiger partial charge in [0.1, 0.15) is 6.04 Å². The monoisotopic (exact) mass is 413 g/mol. The van der Waals surface area contributed by atoms with E-state index in [0.717, 1.165) is 24.2 Å². The van der Waals surface area contributed by atoms with Crippen molar-refractivity contribution in [2.75, 3.05) is 19.4 Å². The van der Waals surface area contributed by atoms with Crippen LogP contribution in [0, 0.1) is 17.8 Å². The minimum atomic E-state index is -0.329. The molecule has 0 aliphatic carbocycles. The predicted octanol–water partition coefficient (Wildman–Crippen LogP) is 6.43. The molecule has 0 aliphatic rings. The van der Waals surface area contributed by atoms with E-state index in [9.17, 15) is 4.79 Å². The van der Waals surface area contributed by atoms with Crippen LogP contribution in [0.5, 0.6) is 0 Å². The number of nitrogens with one attached hydrogen (secondary N) is 1. The molecule has 0 spiro atoms. The third-order valence-electron chi connectivity index (χ3n) is 5.62. The zero-order chi connectivity index (χ0) is 21.4. The van der Waals surface area contributed by atoms with Gasteiger partial charge < -0.3 is 10.1 Å². The largest absolute Gasteiger partial charge is 0.468 e. The van der Waals surface area contributed by atoms with Crippen molar-refractivity contribution in [3.63, 3.8) is 0 Å². The van der Waals surface area contributed by atoms with E-state index in [1.54, 1.807) is 0 Å². The quantitative estimate of drug-likeness (QED) is 0.164. The summed E-state index contributed by atoms with van der Waals surface area (Å²) in [5, 5.41) is 3.18. The lowest BCUT2D eigenvalue weighted by Gasteiger charge is -2.15. The van der Waals surface area contributed by atoms with Crippen molar-refractivity contribution < 1.29 is 9.53 Å². The Labute approximate surface area is 180 Å². The maximum atomic E-state index is 11.5. The van der Waals surface area contributed by atoms with Gasteiger partial charge >= 0.3 is 5.97 Å². The van der Waals surface area contributed by atoms with E-state index in [1.165, 1.54) is 64.0 Å². The lowest BCUT2D eigenvalue weighted by molar-refractivity contribution is -0.142. The van der Waals surface area contributed by atoms with Crippen LogP contribution in [0.2, 0.25) is 0 Å². The van der Waals surface area contributed by atoms with Gasteiger partial charge in [-0.25, -0.2) is 0 Å². The molecule has 0 aromatic carbocycles. The van der Waals surface area contributed by atoms with Crippen molar-refractivity contribution in [3.8, 4) is 0 Å². The second kappa shape index (κ2) is 17.4. The van der Waals surface area contributed by atoms with Gasteiger partial charge in [0.25, 0.3) is 0 Å². The maximum Gasteiger partial charge on any atom is 0.323 e. The number of ether oxygens (including phenoxy) is 1. The number of hydrogen-bond acceptors (Lipinski definition) is 4. The summed E-state index contributed by atoms with van der Waals surface area (Å²) in [7, 11) is 1.41. The first-order valence-electron chi connectivity index (χ1n) is 11.4. The van der Waals surface area contributed by atoms with Gasteiger partial charge in [0.2, 0.25) is 0 Å². The number of allylic oxidation sites excluding steroid dienone is 1. The summed E-state index contributed by atoms with van der Waals surface area (Å²) in [6, 6.07) is -0.329. The molecular weight excluding hydrogens is 366 g/mol. The van der Waals surface area contributed by atoms with Crippen molar-refractivity contribution >= 4 is 18.6 Å². The van der Waals surface area contributed by atoms with Gasteiger partial charge in [-0.2, -0.15) is 12.6 Å². The summed E-state index contributed by atoms with van der Waals surface area (Å²) in [6.07, 6.45) is 14.2. The maximum absolute atomic E-state index is 11.5. The van der Waals surface area contributed by atoms with Gasteiger partial charge in [-0.05, 0) is 37.5 Å². The van der Waals surface area contributed by atoms with Crippen LogP contribution in [-0.2, 0) is 9.53 Å². The van der Waals surface area contributed by atoms with Crippen LogP contribution in [0.3, 0.4) is 0 Å². The molecule has 3 atom stereocenters. The summed E-state index contributed by atoms with van der Waals surface area (Å²) in [5.41, 5.74) is 1.39. The number of esters is 1. The van der Waals surface area contributed by atoms with Gasteiger partial charge in [-0.15, -0.1) is 0 Å². The molecular formula is C24H47NO2S. The summed E-state index contributed by atoms with van der Waals surface area (Å²) in [5.74, 6) is 2.76. The average molecular weight is 414 g/mol. The fourth-order valence-corrected chi connectivity index (χ4v) is 3.83. The molecule has 0 heterocycles. The number of carbonyl (C=O) groups is 1. The molecule has 0 fully saturated rings. The van der Waals surface area contributed by atoms with Crippen LogP contribution < -0.4 is 5.32 Å². The lowest BCUT2D eigenvalue weighted by atomic mass is 9.91. The van der Waals surface area contributed by atoms with Crippen LogP contribution in [-0.4, -0.2) is 31.4 Å². The molecule has 1 N–H and O–H groups in total. The minimum Gasteiger partial charge on any atom is -0.468 e. The van der Waals surface area contributed by atoms with Gasteiger partial charge in [0.05, 0.1) is 7.11 Å². The van der Waals surface area contributed by atoms with Crippen LogP contribution in [0.15, 0.2) is 11.6 Å². The summed E-state index contributed by atoms with van der Waals surface area (Å²) in [4.78, 5) is 11.5. The highest BCUT2D eigenvalue weighted by atomic mass is 32.1. The predicted molar refractivity (Wildman–Crippen MR) is 126 cm³/mol. The van der Waals surface area contributed by atoms with Crippen LogP contribution in [0.4, 0.5) is 0 Å². The molecule has 0 radical (unpaired) electrons. The topological polar surface area (TPSA) is 38.3 Å². The molecule has 3 unspecified atom stereocenters. The SMILES string of the molecule is COC(=O)C(CS)NC/C=C(\C)CCCC(C)CCCC(C)CCCC(C)C. The summed E-state index contributed by atoms with van der Waals surface area (Å²) < 4.78 is 4.76. The lowest BCUT2D eigenvalue weighted by Crippen LogP contribution is -2.39. The zero-order valence-electron chi connectivity index (χ0n) is 19.4. The summed E-state index contributed by atoms with van der Waals surface area (Å²) >= 11 is 4.19. The fraction of sp³-hybridized carbons (Fsp3) is 0.875. The molecule has 0 saturated carbocycles. The second-order valence-electron chi connectivity index (χ2n) is 9.08. The van der Waals surface area contributed by atoms with E-state index in [0.29, 0.717) is 12.3 Å². The van der Waals surface area contributed by atoms with Gasteiger partial charge in [-0.3, -0.25) is 4.79 Å². The Morgan fingerprint density at radius 2 is 1.50 bits per heavy atom. The molecule has 0 amide bonds. The van der Waals surface area contributed by atoms with Crippen LogP contribution in [0.1, 0.15) is 92.4 Å². The highest BCUT2D eigenvalue weighted by molar-refractivity contribution is 7.80. The highest BCUT2D eigenvalue weighted by Gasteiger charge is 2.15. The first-order chi connectivity index (χ1) is 13.3. The van der Waals surface area contributed by atoms with Crippen molar-refractivity contribution in [1.29, 1.82) is 0 Å². The van der Waals surface area contributed by atoms with E-state index in [2.05, 4.69) is 58.6 Å². The summed E-state index contributed by atoms with van der Waals surface area (Å²) in [6.45, 7) is 12.3.